The van der Waals surface area contributed by atoms with Gasteiger partial charge in [0.1, 0.15) is 12.4 Å². The fourth-order valence-electron chi connectivity index (χ4n) is 3.95. The average Bonchev–Trinajstić information content (AvgIpc) is 3.43. The molecule has 1 heterocycles. The molecule has 5 nitrogen and oxygen atoms in total. The van der Waals surface area contributed by atoms with E-state index in [9.17, 15) is 9.90 Å². The molecule has 0 radical (unpaired) electrons. The molecule has 0 fully saturated rings. The van der Waals surface area contributed by atoms with E-state index in [-0.39, 0.29) is 5.56 Å². The summed E-state index contributed by atoms with van der Waals surface area (Å²) in [5.74, 6) is -0.319. The highest BCUT2D eigenvalue weighted by atomic mass is 35.5. The van der Waals surface area contributed by atoms with Crippen molar-refractivity contribution in [1.82, 2.24) is 4.98 Å². The number of aromatic nitrogens is 1. The van der Waals surface area contributed by atoms with Gasteiger partial charge in [0.25, 0.3) is 0 Å². The largest absolute Gasteiger partial charge is 0.488 e. The van der Waals surface area contributed by atoms with Crippen molar-refractivity contribution in [2.45, 2.75) is 13.2 Å². The zero-order chi connectivity index (χ0) is 27.4. The minimum atomic E-state index is -0.988. The summed E-state index contributed by atoms with van der Waals surface area (Å²) < 4.78 is 6.15. The Bertz CT molecular complexity index is 1610. The number of carboxylic acids is 1. The van der Waals surface area contributed by atoms with Crippen LogP contribution in [0.5, 0.6) is 5.75 Å². The maximum atomic E-state index is 11.4. The first-order valence-electron chi connectivity index (χ1n) is 11.8. The van der Waals surface area contributed by atoms with Gasteiger partial charge in [-0.25, -0.2) is 9.78 Å². The Morgan fingerprint density at radius 2 is 1.64 bits per heavy atom. The molecule has 1 N–H and O–H groups in total. The van der Waals surface area contributed by atoms with Crippen LogP contribution < -0.4 is 9.64 Å². The Balaban J connectivity index is 1.49. The third-order valence-electron chi connectivity index (χ3n) is 5.93. The number of nitrogens with zero attached hydrogens (tertiary/aromatic N) is 2. The van der Waals surface area contributed by atoms with Gasteiger partial charge in [0.05, 0.1) is 27.8 Å². The summed E-state index contributed by atoms with van der Waals surface area (Å²) in [7, 11) is 0. The minimum absolute atomic E-state index is 0.201. The predicted octanol–water partition coefficient (Wildman–Crippen LogP) is 9.39. The van der Waals surface area contributed by atoms with E-state index in [1.807, 2.05) is 64.9 Å². The standard InChI is InChI=1S/C30H21Cl3N2O3S/c31-22-9-13-28(38-17-19-4-2-1-3-5-19)24(15-22)27-18-39-30(34-27)35(16-20-6-12-25(32)26(33)14-20)23-10-7-21(8-11-23)29(36)37/h1-15,18H,16-17H2,(H,36,37). The van der Waals surface area contributed by atoms with Gasteiger partial charge < -0.3 is 14.7 Å². The smallest absolute Gasteiger partial charge is 0.335 e. The van der Waals surface area contributed by atoms with Crippen molar-refractivity contribution in [3.63, 3.8) is 0 Å². The molecule has 9 heteroatoms. The molecule has 0 unspecified atom stereocenters. The third kappa shape index (κ3) is 6.54. The van der Waals surface area contributed by atoms with Crippen molar-refractivity contribution in [3.8, 4) is 17.0 Å². The Labute approximate surface area is 244 Å². The van der Waals surface area contributed by atoms with Gasteiger partial charge in [-0.1, -0.05) is 71.2 Å². The van der Waals surface area contributed by atoms with E-state index in [1.54, 1.807) is 36.4 Å². The maximum Gasteiger partial charge on any atom is 0.335 e. The van der Waals surface area contributed by atoms with E-state index in [1.165, 1.54) is 11.3 Å². The molecule has 0 aliphatic carbocycles. The highest BCUT2D eigenvalue weighted by Gasteiger charge is 2.18. The molecular formula is C30H21Cl3N2O3S. The molecule has 0 saturated heterocycles. The zero-order valence-electron chi connectivity index (χ0n) is 20.4. The van der Waals surface area contributed by atoms with E-state index in [2.05, 4.69) is 0 Å². The van der Waals surface area contributed by atoms with E-state index in [0.29, 0.717) is 44.8 Å². The lowest BCUT2D eigenvalue weighted by atomic mass is 10.1. The number of thiazole rings is 1. The van der Waals surface area contributed by atoms with Crippen LogP contribution >= 0.6 is 46.1 Å². The summed E-state index contributed by atoms with van der Waals surface area (Å²) in [6, 6.07) is 27.5. The molecule has 196 valence electrons. The number of hydrogen-bond donors (Lipinski definition) is 1. The van der Waals surface area contributed by atoms with Crippen LogP contribution in [0.15, 0.2) is 96.4 Å². The van der Waals surface area contributed by atoms with Gasteiger partial charge in [0.15, 0.2) is 5.13 Å². The lowest BCUT2D eigenvalue weighted by molar-refractivity contribution is 0.0697. The summed E-state index contributed by atoms with van der Waals surface area (Å²) in [6.45, 7) is 0.842. The predicted molar refractivity (Wildman–Crippen MR) is 159 cm³/mol. The van der Waals surface area contributed by atoms with Crippen molar-refractivity contribution in [3.05, 3.63) is 128 Å². The first kappa shape index (κ1) is 27.0. The normalized spacial score (nSPS) is 10.8. The van der Waals surface area contributed by atoms with Crippen LogP contribution in [0, 0.1) is 0 Å². The summed E-state index contributed by atoms with van der Waals surface area (Å²) in [6.07, 6.45) is 0. The van der Waals surface area contributed by atoms with Crippen LogP contribution in [0.2, 0.25) is 15.1 Å². The Morgan fingerprint density at radius 1 is 0.872 bits per heavy atom. The van der Waals surface area contributed by atoms with Crippen molar-refractivity contribution in [2.75, 3.05) is 4.90 Å². The number of carboxylic acid groups (broad SMARTS) is 1. The number of aromatic carboxylic acids is 1. The van der Waals surface area contributed by atoms with E-state index in [4.69, 9.17) is 44.5 Å². The molecule has 4 aromatic carbocycles. The van der Waals surface area contributed by atoms with Crippen LogP contribution in [0.3, 0.4) is 0 Å². The topological polar surface area (TPSA) is 62.7 Å². The van der Waals surface area contributed by atoms with Gasteiger partial charge in [-0.15, -0.1) is 11.3 Å². The monoisotopic (exact) mass is 594 g/mol. The average molecular weight is 596 g/mol. The molecule has 0 atom stereocenters. The van der Waals surface area contributed by atoms with Crippen LogP contribution in [-0.4, -0.2) is 16.1 Å². The number of benzene rings is 4. The molecule has 0 saturated carbocycles. The van der Waals surface area contributed by atoms with Gasteiger partial charge in [-0.3, -0.25) is 0 Å². The minimum Gasteiger partial charge on any atom is -0.488 e. The zero-order valence-corrected chi connectivity index (χ0v) is 23.4. The summed E-state index contributed by atoms with van der Waals surface area (Å²) >= 11 is 20.2. The SMILES string of the molecule is O=C(O)c1ccc(N(Cc2ccc(Cl)c(Cl)c2)c2nc(-c3cc(Cl)ccc3OCc3ccccc3)cs2)cc1. The number of halogens is 3. The number of ether oxygens (including phenoxy) is 1. The molecule has 0 aliphatic rings. The molecular weight excluding hydrogens is 575 g/mol. The summed E-state index contributed by atoms with van der Waals surface area (Å²) in [5, 5.41) is 13.5. The van der Waals surface area contributed by atoms with Gasteiger partial charge in [0, 0.05) is 21.7 Å². The van der Waals surface area contributed by atoms with Crippen LogP contribution in [0.1, 0.15) is 21.5 Å². The molecule has 0 spiro atoms. The molecule has 1 aromatic heterocycles. The Hall–Kier alpha value is -3.55. The second kappa shape index (κ2) is 12.1. The fourth-order valence-corrected chi connectivity index (χ4v) is 5.29. The van der Waals surface area contributed by atoms with E-state index in [0.717, 1.165) is 22.4 Å². The molecule has 0 aliphatic heterocycles. The van der Waals surface area contributed by atoms with Crippen molar-refractivity contribution in [1.29, 1.82) is 0 Å². The summed E-state index contributed by atoms with van der Waals surface area (Å²) in [5.41, 5.74) is 4.43. The molecule has 0 bridgehead atoms. The lowest BCUT2D eigenvalue weighted by Crippen LogP contribution is -2.16. The van der Waals surface area contributed by atoms with Crippen molar-refractivity contribution in [2.24, 2.45) is 0 Å². The molecule has 0 amide bonds. The maximum absolute atomic E-state index is 11.4. The summed E-state index contributed by atoms with van der Waals surface area (Å²) in [4.78, 5) is 18.3. The van der Waals surface area contributed by atoms with Crippen molar-refractivity contribution < 1.29 is 14.6 Å². The van der Waals surface area contributed by atoms with Crippen LogP contribution in [-0.2, 0) is 13.2 Å². The number of rotatable bonds is 9. The van der Waals surface area contributed by atoms with Crippen LogP contribution in [0.25, 0.3) is 11.3 Å². The Morgan fingerprint density at radius 3 is 2.36 bits per heavy atom. The molecule has 39 heavy (non-hydrogen) atoms. The van der Waals surface area contributed by atoms with Gasteiger partial charge in [-0.2, -0.15) is 0 Å². The van der Waals surface area contributed by atoms with E-state index >= 15 is 0 Å². The molecule has 5 rings (SSSR count). The van der Waals surface area contributed by atoms with Crippen molar-refractivity contribution >= 4 is 62.9 Å². The second-order valence-electron chi connectivity index (χ2n) is 8.62. The third-order valence-corrected chi connectivity index (χ3v) is 7.77. The number of hydrogen-bond acceptors (Lipinski definition) is 5. The molecule has 5 aromatic rings. The Kier molecular flexibility index (Phi) is 8.38. The highest BCUT2D eigenvalue weighted by molar-refractivity contribution is 7.14. The number of anilines is 2. The van der Waals surface area contributed by atoms with Gasteiger partial charge in [0.2, 0.25) is 0 Å². The number of carbonyl (C=O) groups is 1. The highest BCUT2D eigenvalue weighted by Crippen LogP contribution is 2.38. The lowest BCUT2D eigenvalue weighted by Gasteiger charge is -2.22. The first-order valence-corrected chi connectivity index (χ1v) is 13.9. The van der Waals surface area contributed by atoms with Crippen LogP contribution in [0.4, 0.5) is 10.8 Å². The quantitative estimate of drug-likeness (QED) is 0.184. The first-order chi connectivity index (χ1) is 18.9. The van der Waals surface area contributed by atoms with Gasteiger partial charge in [-0.05, 0) is 65.7 Å². The van der Waals surface area contributed by atoms with Gasteiger partial charge >= 0.3 is 5.97 Å². The van der Waals surface area contributed by atoms with E-state index < -0.39 is 5.97 Å². The fraction of sp³-hybridized carbons (Fsp3) is 0.0667. The second-order valence-corrected chi connectivity index (χ2v) is 10.7.